The Bertz CT molecular complexity index is 535. The number of rotatable bonds is 4. The SMILES string of the molecule is CCCNc1nccnc1-c1ccc(C)c(C)c1. The molecule has 0 unspecified atom stereocenters. The molecule has 0 saturated heterocycles. The third-order valence-corrected chi connectivity index (χ3v) is 3.02. The van der Waals surface area contributed by atoms with Gasteiger partial charge in [-0.2, -0.15) is 0 Å². The second kappa shape index (κ2) is 5.63. The first-order chi connectivity index (χ1) is 8.72. The molecule has 0 atom stereocenters. The molecule has 0 spiro atoms. The highest BCUT2D eigenvalue weighted by molar-refractivity contribution is 5.71. The molecule has 0 aliphatic rings. The number of nitrogens with one attached hydrogen (secondary N) is 1. The van der Waals surface area contributed by atoms with Gasteiger partial charge in [0.25, 0.3) is 0 Å². The van der Waals surface area contributed by atoms with E-state index in [0.717, 1.165) is 30.0 Å². The minimum absolute atomic E-state index is 0.864. The van der Waals surface area contributed by atoms with E-state index in [0.29, 0.717) is 0 Å². The summed E-state index contributed by atoms with van der Waals surface area (Å²) >= 11 is 0. The standard InChI is InChI=1S/C15H19N3/c1-4-7-17-15-14(16-8-9-18-15)13-6-5-11(2)12(3)10-13/h5-6,8-10H,4,7H2,1-3H3,(H,17,18). The third kappa shape index (κ3) is 2.67. The first kappa shape index (κ1) is 12.6. The zero-order valence-corrected chi connectivity index (χ0v) is 11.2. The maximum absolute atomic E-state index is 4.45. The maximum atomic E-state index is 4.45. The average molecular weight is 241 g/mol. The van der Waals surface area contributed by atoms with Crippen molar-refractivity contribution in [1.82, 2.24) is 9.97 Å². The van der Waals surface area contributed by atoms with Gasteiger partial charge in [0.15, 0.2) is 5.82 Å². The Balaban J connectivity index is 2.39. The Morgan fingerprint density at radius 2 is 1.83 bits per heavy atom. The summed E-state index contributed by atoms with van der Waals surface area (Å²) in [5.74, 6) is 0.864. The normalized spacial score (nSPS) is 10.4. The number of hydrogen-bond donors (Lipinski definition) is 1. The van der Waals surface area contributed by atoms with Crippen LogP contribution in [-0.4, -0.2) is 16.5 Å². The fraction of sp³-hybridized carbons (Fsp3) is 0.333. The van der Waals surface area contributed by atoms with Crippen molar-refractivity contribution in [3.63, 3.8) is 0 Å². The highest BCUT2D eigenvalue weighted by atomic mass is 15.0. The zero-order valence-electron chi connectivity index (χ0n) is 11.2. The number of anilines is 1. The summed E-state index contributed by atoms with van der Waals surface area (Å²) in [6.45, 7) is 7.29. The topological polar surface area (TPSA) is 37.8 Å². The molecule has 0 fully saturated rings. The van der Waals surface area contributed by atoms with Crippen LogP contribution in [0.15, 0.2) is 30.6 Å². The van der Waals surface area contributed by atoms with E-state index >= 15 is 0 Å². The molecule has 3 nitrogen and oxygen atoms in total. The Morgan fingerprint density at radius 1 is 1.06 bits per heavy atom. The molecule has 1 aromatic carbocycles. The lowest BCUT2D eigenvalue weighted by atomic mass is 10.0. The molecule has 1 heterocycles. The third-order valence-electron chi connectivity index (χ3n) is 3.02. The predicted molar refractivity (Wildman–Crippen MR) is 75.7 cm³/mol. The van der Waals surface area contributed by atoms with Gasteiger partial charge in [-0.25, -0.2) is 4.98 Å². The van der Waals surface area contributed by atoms with Crippen LogP contribution in [0, 0.1) is 13.8 Å². The number of nitrogens with zero attached hydrogens (tertiary/aromatic N) is 2. The minimum atomic E-state index is 0.864. The summed E-state index contributed by atoms with van der Waals surface area (Å²) in [6.07, 6.45) is 4.53. The fourth-order valence-electron chi connectivity index (χ4n) is 1.81. The molecule has 2 rings (SSSR count). The van der Waals surface area contributed by atoms with E-state index in [4.69, 9.17) is 0 Å². The van der Waals surface area contributed by atoms with E-state index < -0.39 is 0 Å². The highest BCUT2D eigenvalue weighted by Gasteiger charge is 2.07. The second-order valence-electron chi connectivity index (χ2n) is 4.48. The molecule has 0 aliphatic carbocycles. The lowest BCUT2D eigenvalue weighted by Gasteiger charge is -2.10. The smallest absolute Gasteiger partial charge is 0.152 e. The van der Waals surface area contributed by atoms with Crippen LogP contribution in [0.2, 0.25) is 0 Å². The van der Waals surface area contributed by atoms with Crippen molar-refractivity contribution >= 4 is 5.82 Å². The van der Waals surface area contributed by atoms with Gasteiger partial charge in [0.2, 0.25) is 0 Å². The van der Waals surface area contributed by atoms with Crippen molar-refractivity contribution in [3.05, 3.63) is 41.7 Å². The average Bonchev–Trinajstić information content (AvgIpc) is 2.40. The van der Waals surface area contributed by atoms with Crippen LogP contribution in [-0.2, 0) is 0 Å². The van der Waals surface area contributed by atoms with Gasteiger partial charge in [-0.1, -0.05) is 19.1 Å². The molecule has 94 valence electrons. The molecule has 1 N–H and O–H groups in total. The molecule has 3 heteroatoms. The van der Waals surface area contributed by atoms with Crippen LogP contribution in [0.1, 0.15) is 24.5 Å². The maximum Gasteiger partial charge on any atom is 0.152 e. The van der Waals surface area contributed by atoms with Gasteiger partial charge < -0.3 is 5.32 Å². The van der Waals surface area contributed by atoms with Crippen LogP contribution < -0.4 is 5.32 Å². The summed E-state index contributed by atoms with van der Waals surface area (Å²) in [7, 11) is 0. The molecule has 2 aromatic rings. The molecule has 18 heavy (non-hydrogen) atoms. The van der Waals surface area contributed by atoms with Crippen molar-refractivity contribution < 1.29 is 0 Å². The van der Waals surface area contributed by atoms with Gasteiger partial charge in [-0.05, 0) is 37.5 Å². The number of aromatic nitrogens is 2. The van der Waals surface area contributed by atoms with Crippen molar-refractivity contribution in [2.24, 2.45) is 0 Å². The summed E-state index contributed by atoms with van der Waals surface area (Å²) in [4.78, 5) is 8.82. The second-order valence-corrected chi connectivity index (χ2v) is 4.48. The van der Waals surface area contributed by atoms with Crippen LogP contribution >= 0.6 is 0 Å². The fourth-order valence-corrected chi connectivity index (χ4v) is 1.81. The summed E-state index contributed by atoms with van der Waals surface area (Å²) < 4.78 is 0. The summed E-state index contributed by atoms with van der Waals surface area (Å²) in [5.41, 5.74) is 4.61. The molecule has 0 bridgehead atoms. The predicted octanol–water partition coefficient (Wildman–Crippen LogP) is 3.58. The van der Waals surface area contributed by atoms with E-state index in [1.165, 1.54) is 11.1 Å². The highest BCUT2D eigenvalue weighted by Crippen LogP contribution is 2.25. The summed E-state index contributed by atoms with van der Waals surface area (Å²) in [6, 6.07) is 6.39. The van der Waals surface area contributed by atoms with Crippen molar-refractivity contribution in [3.8, 4) is 11.3 Å². The molecular weight excluding hydrogens is 222 g/mol. The van der Waals surface area contributed by atoms with Gasteiger partial charge in [0.05, 0.1) is 0 Å². The quantitative estimate of drug-likeness (QED) is 0.889. The Kier molecular flexibility index (Phi) is 3.92. The molecule has 0 saturated carbocycles. The van der Waals surface area contributed by atoms with E-state index in [2.05, 4.69) is 54.3 Å². The largest absolute Gasteiger partial charge is 0.368 e. The Morgan fingerprint density at radius 3 is 2.56 bits per heavy atom. The van der Waals surface area contributed by atoms with Crippen LogP contribution in [0.3, 0.4) is 0 Å². The van der Waals surface area contributed by atoms with Gasteiger partial charge in [-0.15, -0.1) is 0 Å². The van der Waals surface area contributed by atoms with Crippen LogP contribution in [0.4, 0.5) is 5.82 Å². The van der Waals surface area contributed by atoms with Crippen molar-refractivity contribution in [1.29, 1.82) is 0 Å². The van der Waals surface area contributed by atoms with Crippen LogP contribution in [0.5, 0.6) is 0 Å². The summed E-state index contributed by atoms with van der Waals surface area (Å²) in [5, 5.41) is 3.32. The van der Waals surface area contributed by atoms with Crippen molar-refractivity contribution in [2.75, 3.05) is 11.9 Å². The number of aryl methyl sites for hydroxylation is 2. The molecule has 0 radical (unpaired) electrons. The zero-order chi connectivity index (χ0) is 13.0. The van der Waals surface area contributed by atoms with E-state index in [1.807, 2.05) is 0 Å². The monoisotopic (exact) mass is 241 g/mol. The minimum Gasteiger partial charge on any atom is -0.368 e. The van der Waals surface area contributed by atoms with E-state index in [1.54, 1.807) is 12.4 Å². The molecule has 0 amide bonds. The van der Waals surface area contributed by atoms with Crippen LogP contribution in [0.25, 0.3) is 11.3 Å². The van der Waals surface area contributed by atoms with Gasteiger partial charge >= 0.3 is 0 Å². The molecule has 1 aromatic heterocycles. The van der Waals surface area contributed by atoms with Gasteiger partial charge in [0, 0.05) is 24.5 Å². The van der Waals surface area contributed by atoms with Gasteiger partial charge in [0.1, 0.15) is 5.69 Å². The number of hydrogen-bond acceptors (Lipinski definition) is 3. The van der Waals surface area contributed by atoms with Gasteiger partial charge in [-0.3, -0.25) is 4.98 Å². The first-order valence-corrected chi connectivity index (χ1v) is 6.35. The lowest BCUT2D eigenvalue weighted by Crippen LogP contribution is -2.04. The Hall–Kier alpha value is -1.90. The van der Waals surface area contributed by atoms with Crippen molar-refractivity contribution in [2.45, 2.75) is 27.2 Å². The molecule has 0 aliphatic heterocycles. The Labute approximate surface area is 108 Å². The lowest BCUT2D eigenvalue weighted by molar-refractivity contribution is 0.966. The van der Waals surface area contributed by atoms with E-state index in [-0.39, 0.29) is 0 Å². The number of benzene rings is 1. The molecular formula is C15H19N3. The first-order valence-electron chi connectivity index (χ1n) is 6.35. The van der Waals surface area contributed by atoms with E-state index in [9.17, 15) is 0 Å².